The van der Waals surface area contributed by atoms with Gasteiger partial charge in [0.2, 0.25) is 0 Å². The first-order chi connectivity index (χ1) is 10.1. The Bertz CT molecular complexity index is 676. The van der Waals surface area contributed by atoms with E-state index in [0.29, 0.717) is 0 Å². The van der Waals surface area contributed by atoms with Crippen molar-refractivity contribution in [3.63, 3.8) is 0 Å². The first-order valence-corrected chi connectivity index (χ1v) is 5.83. The standard InChI is InChI=1S/C14H8F6O2/c15-13(16,17)10-4-2-1-3-9(10)8-5-6-12(11(21)7-8)22-14(18,19)20/h1-7,21H. The molecule has 2 rings (SSSR count). The number of ether oxygens (including phenoxy) is 1. The molecule has 118 valence electrons. The van der Waals surface area contributed by atoms with Gasteiger partial charge in [0.05, 0.1) is 5.56 Å². The molecule has 0 atom stereocenters. The van der Waals surface area contributed by atoms with Gasteiger partial charge >= 0.3 is 12.5 Å². The Hall–Kier alpha value is -2.38. The van der Waals surface area contributed by atoms with Gasteiger partial charge < -0.3 is 9.84 Å². The summed E-state index contributed by atoms with van der Waals surface area (Å²) in [7, 11) is 0. The Kier molecular flexibility index (Phi) is 3.95. The lowest BCUT2D eigenvalue weighted by atomic mass is 9.99. The van der Waals surface area contributed by atoms with Crippen molar-refractivity contribution in [2.45, 2.75) is 12.5 Å². The zero-order valence-electron chi connectivity index (χ0n) is 10.7. The summed E-state index contributed by atoms with van der Waals surface area (Å²) >= 11 is 0. The second-order valence-electron chi connectivity index (χ2n) is 4.27. The van der Waals surface area contributed by atoms with Gasteiger partial charge in [-0.1, -0.05) is 24.3 Å². The van der Waals surface area contributed by atoms with E-state index in [0.717, 1.165) is 30.3 Å². The van der Waals surface area contributed by atoms with Crippen LogP contribution < -0.4 is 4.74 Å². The average molecular weight is 322 g/mol. The Balaban J connectivity index is 2.46. The highest BCUT2D eigenvalue weighted by Crippen LogP contribution is 2.40. The van der Waals surface area contributed by atoms with Crippen molar-refractivity contribution >= 4 is 0 Å². The Labute approximate surface area is 120 Å². The third-order valence-electron chi connectivity index (χ3n) is 2.73. The van der Waals surface area contributed by atoms with Crippen molar-refractivity contribution in [1.82, 2.24) is 0 Å². The van der Waals surface area contributed by atoms with Crippen molar-refractivity contribution < 1.29 is 36.2 Å². The second-order valence-corrected chi connectivity index (χ2v) is 4.27. The van der Waals surface area contributed by atoms with Crippen LogP contribution in [0.15, 0.2) is 42.5 Å². The molecule has 0 aliphatic carbocycles. The summed E-state index contributed by atoms with van der Waals surface area (Å²) in [5.41, 5.74) is -1.30. The fourth-order valence-corrected chi connectivity index (χ4v) is 1.88. The first kappa shape index (κ1) is 16.0. The van der Waals surface area contributed by atoms with E-state index in [1.165, 1.54) is 12.1 Å². The molecular formula is C14H8F6O2. The zero-order chi connectivity index (χ0) is 16.5. The third kappa shape index (κ3) is 3.63. The maximum absolute atomic E-state index is 12.9. The summed E-state index contributed by atoms with van der Waals surface area (Å²) in [6.07, 6.45) is -9.64. The van der Waals surface area contributed by atoms with E-state index in [2.05, 4.69) is 4.74 Å². The Morgan fingerprint density at radius 3 is 2.05 bits per heavy atom. The molecular weight excluding hydrogens is 314 g/mol. The number of phenolic OH excluding ortho intramolecular Hbond substituents is 1. The van der Waals surface area contributed by atoms with E-state index in [1.807, 2.05) is 0 Å². The monoisotopic (exact) mass is 322 g/mol. The molecule has 0 aromatic heterocycles. The number of alkyl halides is 6. The summed E-state index contributed by atoms with van der Waals surface area (Å²) in [6, 6.07) is 7.08. The third-order valence-corrected chi connectivity index (χ3v) is 2.73. The predicted molar refractivity (Wildman–Crippen MR) is 65.2 cm³/mol. The number of halogens is 6. The summed E-state index contributed by atoms with van der Waals surface area (Å²) in [5.74, 6) is -1.80. The first-order valence-electron chi connectivity index (χ1n) is 5.83. The van der Waals surface area contributed by atoms with Crippen molar-refractivity contribution in [2.24, 2.45) is 0 Å². The number of aromatic hydroxyl groups is 1. The van der Waals surface area contributed by atoms with Crippen molar-refractivity contribution in [1.29, 1.82) is 0 Å². The number of benzene rings is 2. The highest BCUT2D eigenvalue weighted by molar-refractivity contribution is 5.70. The van der Waals surface area contributed by atoms with Gasteiger partial charge in [-0.25, -0.2) is 0 Å². The molecule has 0 saturated heterocycles. The van der Waals surface area contributed by atoms with Crippen molar-refractivity contribution in [3.8, 4) is 22.6 Å². The van der Waals surface area contributed by atoms with E-state index < -0.39 is 29.6 Å². The van der Waals surface area contributed by atoms with Crippen LogP contribution in [0.5, 0.6) is 11.5 Å². The number of rotatable bonds is 2. The smallest absolute Gasteiger partial charge is 0.504 e. The minimum Gasteiger partial charge on any atom is -0.504 e. The molecule has 0 radical (unpaired) electrons. The highest BCUT2D eigenvalue weighted by Gasteiger charge is 2.34. The van der Waals surface area contributed by atoms with E-state index in [4.69, 9.17) is 0 Å². The fraction of sp³-hybridized carbons (Fsp3) is 0.143. The number of hydrogen-bond donors (Lipinski definition) is 1. The minimum absolute atomic E-state index is 0.0834. The molecule has 0 heterocycles. The van der Waals surface area contributed by atoms with Gasteiger partial charge in [-0.15, -0.1) is 13.2 Å². The number of hydrogen-bond acceptors (Lipinski definition) is 2. The summed E-state index contributed by atoms with van der Waals surface area (Å²) in [5, 5.41) is 9.50. The fourth-order valence-electron chi connectivity index (χ4n) is 1.88. The summed E-state index contributed by atoms with van der Waals surface area (Å²) < 4.78 is 78.5. The average Bonchev–Trinajstić information content (AvgIpc) is 2.39. The topological polar surface area (TPSA) is 29.5 Å². The van der Waals surface area contributed by atoms with Crippen molar-refractivity contribution in [3.05, 3.63) is 48.0 Å². The van der Waals surface area contributed by atoms with Crippen LogP contribution in [-0.2, 0) is 6.18 Å². The van der Waals surface area contributed by atoms with E-state index in [1.54, 1.807) is 0 Å². The molecule has 0 saturated carbocycles. The van der Waals surface area contributed by atoms with Crippen LogP contribution in [0.1, 0.15) is 5.56 Å². The Morgan fingerprint density at radius 2 is 1.50 bits per heavy atom. The summed E-state index contributed by atoms with van der Waals surface area (Å²) in [6.45, 7) is 0. The molecule has 2 aromatic rings. The van der Waals surface area contributed by atoms with Gasteiger partial charge in [0.25, 0.3) is 0 Å². The zero-order valence-corrected chi connectivity index (χ0v) is 10.7. The lowest BCUT2D eigenvalue weighted by Gasteiger charge is -2.14. The largest absolute Gasteiger partial charge is 0.573 e. The van der Waals surface area contributed by atoms with Crippen molar-refractivity contribution in [2.75, 3.05) is 0 Å². The molecule has 22 heavy (non-hydrogen) atoms. The van der Waals surface area contributed by atoms with E-state index >= 15 is 0 Å². The molecule has 1 N–H and O–H groups in total. The minimum atomic E-state index is -5.01. The molecule has 2 nitrogen and oxygen atoms in total. The summed E-state index contributed by atoms with van der Waals surface area (Å²) in [4.78, 5) is 0. The van der Waals surface area contributed by atoms with Gasteiger partial charge in [-0.3, -0.25) is 0 Å². The normalized spacial score (nSPS) is 12.3. The second kappa shape index (κ2) is 5.43. The van der Waals surface area contributed by atoms with Crippen LogP contribution in [-0.4, -0.2) is 11.5 Å². The van der Waals surface area contributed by atoms with Gasteiger partial charge in [-0.05, 0) is 29.3 Å². The predicted octanol–water partition coefficient (Wildman–Crippen LogP) is 4.98. The highest BCUT2D eigenvalue weighted by atomic mass is 19.4. The van der Waals surface area contributed by atoms with Gasteiger partial charge in [-0.2, -0.15) is 13.2 Å². The van der Waals surface area contributed by atoms with Gasteiger partial charge in [0.15, 0.2) is 11.5 Å². The molecule has 0 aliphatic heterocycles. The van der Waals surface area contributed by atoms with Gasteiger partial charge in [0, 0.05) is 0 Å². The number of phenols is 1. The molecule has 0 aliphatic rings. The van der Waals surface area contributed by atoms with E-state index in [9.17, 15) is 31.4 Å². The van der Waals surface area contributed by atoms with E-state index in [-0.39, 0.29) is 11.1 Å². The van der Waals surface area contributed by atoms with Gasteiger partial charge in [0.1, 0.15) is 0 Å². The molecule has 0 fully saturated rings. The lowest BCUT2D eigenvalue weighted by Crippen LogP contribution is -2.17. The quantitative estimate of drug-likeness (QED) is 0.791. The maximum Gasteiger partial charge on any atom is 0.573 e. The maximum atomic E-state index is 12.9. The lowest BCUT2D eigenvalue weighted by molar-refractivity contribution is -0.275. The van der Waals surface area contributed by atoms with Crippen LogP contribution in [0.4, 0.5) is 26.3 Å². The molecule has 0 unspecified atom stereocenters. The molecule has 0 amide bonds. The van der Waals surface area contributed by atoms with Crippen LogP contribution in [0.2, 0.25) is 0 Å². The van der Waals surface area contributed by atoms with Crippen LogP contribution in [0.3, 0.4) is 0 Å². The molecule has 2 aromatic carbocycles. The molecule has 0 spiro atoms. The Morgan fingerprint density at radius 1 is 0.864 bits per heavy atom. The molecule has 0 bridgehead atoms. The van der Waals surface area contributed by atoms with Crippen LogP contribution in [0, 0.1) is 0 Å². The van der Waals surface area contributed by atoms with Crippen LogP contribution in [0.25, 0.3) is 11.1 Å². The SMILES string of the molecule is Oc1cc(-c2ccccc2C(F)(F)F)ccc1OC(F)(F)F. The van der Waals surface area contributed by atoms with Crippen LogP contribution >= 0.6 is 0 Å². The molecule has 8 heteroatoms.